The Balaban J connectivity index is 0.00000156. The summed E-state index contributed by atoms with van der Waals surface area (Å²) in [7, 11) is 0. The van der Waals surface area contributed by atoms with Crippen LogP contribution < -0.4 is 10.6 Å². The Morgan fingerprint density at radius 2 is 1.59 bits per heavy atom. The molecule has 1 heterocycles. The molecular weight excluding hydrogens is 446 g/mol. The van der Waals surface area contributed by atoms with Crippen molar-refractivity contribution in [3.05, 3.63) is 119 Å². The maximum Gasteiger partial charge on any atom is 0.0541 e. The van der Waals surface area contributed by atoms with Crippen LogP contribution in [0.5, 0.6) is 0 Å². The number of benzene rings is 3. The second kappa shape index (κ2) is 11.5. The van der Waals surface area contributed by atoms with Crippen LogP contribution in [-0.2, 0) is 0 Å². The highest BCUT2D eigenvalue weighted by Gasteiger charge is 2.12. The van der Waals surface area contributed by atoms with E-state index >= 15 is 0 Å². The molecule has 37 heavy (non-hydrogen) atoms. The van der Waals surface area contributed by atoms with E-state index in [1.165, 1.54) is 60.5 Å². The maximum atomic E-state index is 4.01. The van der Waals surface area contributed by atoms with Gasteiger partial charge in [-0.15, -0.1) is 0 Å². The third-order valence-electron chi connectivity index (χ3n) is 6.87. The number of hydrogen-bond donors (Lipinski definition) is 0. The molecule has 1 aromatic heterocycles. The van der Waals surface area contributed by atoms with Crippen LogP contribution in [0.4, 0.5) is 0 Å². The summed E-state index contributed by atoms with van der Waals surface area (Å²) in [6, 6.07) is 22.5. The Morgan fingerprint density at radius 3 is 2.27 bits per heavy atom. The summed E-state index contributed by atoms with van der Waals surface area (Å²) >= 11 is 0. The first-order valence-electron chi connectivity index (χ1n) is 13.5. The van der Waals surface area contributed by atoms with E-state index in [9.17, 15) is 0 Å². The van der Waals surface area contributed by atoms with Crippen LogP contribution >= 0.6 is 0 Å². The lowest BCUT2D eigenvalue weighted by molar-refractivity contribution is 0.740. The third-order valence-corrected chi connectivity index (χ3v) is 6.87. The lowest BCUT2D eigenvalue weighted by Gasteiger charge is -2.14. The lowest BCUT2D eigenvalue weighted by atomic mass is 9.92. The molecule has 3 aromatic carbocycles. The van der Waals surface area contributed by atoms with E-state index in [1.54, 1.807) is 0 Å². The molecule has 0 aliphatic heterocycles. The van der Waals surface area contributed by atoms with Gasteiger partial charge in [-0.05, 0) is 96.8 Å². The molecule has 1 unspecified atom stereocenters. The lowest BCUT2D eigenvalue weighted by Crippen LogP contribution is -2.28. The molecule has 0 amide bonds. The van der Waals surface area contributed by atoms with Gasteiger partial charge in [-0.2, -0.15) is 0 Å². The average Bonchev–Trinajstić information content (AvgIpc) is 3.22. The number of allylic oxidation sites excluding steroid dienone is 5. The topological polar surface area (TPSA) is 4.93 Å². The number of aromatic nitrogens is 1. The molecule has 5 rings (SSSR count). The Kier molecular flexibility index (Phi) is 8.14. The zero-order valence-electron chi connectivity index (χ0n) is 23.2. The van der Waals surface area contributed by atoms with Gasteiger partial charge in [0.05, 0.1) is 5.52 Å². The number of fused-ring (bicyclic) bond motifs is 1. The predicted molar refractivity (Wildman–Crippen MR) is 164 cm³/mol. The van der Waals surface area contributed by atoms with Crippen molar-refractivity contribution in [3.63, 3.8) is 0 Å². The molecule has 1 atom stereocenters. The zero-order valence-corrected chi connectivity index (χ0v) is 23.2. The van der Waals surface area contributed by atoms with Gasteiger partial charge in [-0.25, -0.2) is 0 Å². The van der Waals surface area contributed by atoms with Crippen molar-refractivity contribution in [3.8, 4) is 16.8 Å². The minimum Gasteiger partial charge on any atom is -0.310 e. The second-order valence-electron chi connectivity index (χ2n) is 9.72. The fourth-order valence-electron chi connectivity index (χ4n) is 5.36. The maximum absolute atomic E-state index is 4.01. The fourth-order valence-corrected chi connectivity index (χ4v) is 5.36. The van der Waals surface area contributed by atoms with Crippen molar-refractivity contribution in [2.75, 3.05) is 0 Å². The molecule has 4 aromatic rings. The highest BCUT2D eigenvalue weighted by molar-refractivity contribution is 5.89. The first-order valence-corrected chi connectivity index (χ1v) is 13.5. The van der Waals surface area contributed by atoms with E-state index < -0.39 is 0 Å². The normalized spacial score (nSPS) is 15.9. The molecule has 188 valence electrons. The van der Waals surface area contributed by atoms with E-state index in [1.807, 2.05) is 19.9 Å². The first kappa shape index (κ1) is 26.2. The summed E-state index contributed by atoms with van der Waals surface area (Å²) in [5, 5.41) is 3.65. The molecule has 1 aliphatic carbocycles. The molecule has 0 bridgehead atoms. The molecule has 0 saturated heterocycles. The molecule has 0 radical (unpaired) electrons. The van der Waals surface area contributed by atoms with E-state index in [0.29, 0.717) is 5.92 Å². The van der Waals surface area contributed by atoms with Crippen LogP contribution in [0.3, 0.4) is 0 Å². The summed E-state index contributed by atoms with van der Waals surface area (Å²) in [5.41, 5.74) is 10.0. The molecule has 1 aliphatic rings. The molecule has 0 fully saturated rings. The van der Waals surface area contributed by atoms with Gasteiger partial charge in [0, 0.05) is 21.6 Å². The van der Waals surface area contributed by atoms with Crippen molar-refractivity contribution in [2.45, 2.75) is 48.0 Å². The van der Waals surface area contributed by atoms with Gasteiger partial charge >= 0.3 is 0 Å². The predicted octanol–water partition coefficient (Wildman–Crippen LogP) is 8.69. The van der Waals surface area contributed by atoms with Gasteiger partial charge in [-0.3, -0.25) is 0 Å². The summed E-state index contributed by atoms with van der Waals surface area (Å²) < 4.78 is 2.38. The van der Waals surface area contributed by atoms with Crippen molar-refractivity contribution >= 4 is 28.6 Å². The third kappa shape index (κ3) is 5.32. The summed E-state index contributed by atoms with van der Waals surface area (Å²) in [5.74, 6) is 0.584. The Bertz CT molecular complexity index is 1600. The van der Waals surface area contributed by atoms with Crippen LogP contribution in [-0.4, -0.2) is 4.57 Å². The van der Waals surface area contributed by atoms with E-state index in [-0.39, 0.29) is 0 Å². The van der Waals surface area contributed by atoms with Crippen LogP contribution in [0.2, 0.25) is 0 Å². The Morgan fingerprint density at radius 1 is 0.892 bits per heavy atom. The smallest absolute Gasteiger partial charge is 0.0541 e. The van der Waals surface area contributed by atoms with Gasteiger partial charge in [0.1, 0.15) is 0 Å². The molecule has 0 N–H and O–H groups in total. The van der Waals surface area contributed by atoms with Gasteiger partial charge in [0.2, 0.25) is 0 Å². The minimum atomic E-state index is 0.584. The standard InChI is InChI=1S/C34H33N.C2H6/c1-6-10-31-32-22-29(28-14-9-13-27(21-28)26-12-8-11-23(3)18-26)15-16-34(32)35(33(31)7-2)30-19-24(4)17-25(5)20-30;1-2/h6-10,12-23H,1,11H2,2-5H3;1-2H3/b31-10-,33-7+;. The van der Waals surface area contributed by atoms with Gasteiger partial charge in [0.25, 0.3) is 0 Å². The van der Waals surface area contributed by atoms with Crippen LogP contribution in [0.15, 0.2) is 91.5 Å². The van der Waals surface area contributed by atoms with Crippen LogP contribution in [0.1, 0.15) is 50.8 Å². The van der Waals surface area contributed by atoms with E-state index in [0.717, 1.165) is 6.42 Å². The second-order valence-corrected chi connectivity index (χ2v) is 9.72. The summed E-state index contributed by atoms with van der Waals surface area (Å²) in [6.45, 7) is 16.7. The number of hydrogen-bond acceptors (Lipinski definition) is 0. The molecule has 1 heteroatoms. The van der Waals surface area contributed by atoms with Crippen molar-refractivity contribution < 1.29 is 0 Å². The quantitative estimate of drug-likeness (QED) is 0.272. The van der Waals surface area contributed by atoms with Crippen molar-refractivity contribution in [2.24, 2.45) is 5.92 Å². The van der Waals surface area contributed by atoms with Crippen LogP contribution in [0.25, 0.3) is 45.4 Å². The average molecular weight is 486 g/mol. The fraction of sp³-hybridized carbons (Fsp3) is 0.222. The molecular formula is C36H39N. The highest BCUT2D eigenvalue weighted by Crippen LogP contribution is 2.30. The largest absolute Gasteiger partial charge is 0.310 e. The minimum absolute atomic E-state index is 0.584. The molecule has 1 nitrogen and oxygen atoms in total. The van der Waals surface area contributed by atoms with E-state index in [4.69, 9.17) is 0 Å². The number of aryl methyl sites for hydroxylation is 2. The van der Waals surface area contributed by atoms with Gasteiger partial charge < -0.3 is 4.57 Å². The zero-order chi connectivity index (χ0) is 26.5. The highest BCUT2D eigenvalue weighted by atomic mass is 15.0. The summed E-state index contributed by atoms with van der Waals surface area (Å²) in [6.07, 6.45) is 14.3. The SMILES string of the molecule is C=C/C=c1\c(=C/C)n(-c2cc(C)cc(C)c2)c2ccc(-c3cccc(C4=CC(C)CC=C4)c3)cc12.CC. The number of rotatable bonds is 4. The Hall–Kier alpha value is -3.84. The van der Waals surface area contributed by atoms with Crippen LogP contribution in [0, 0.1) is 19.8 Å². The van der Waals surface area contributed by atoms with E-state index in [2.05, 4.69) is 130 Å². The first-order chi connectivity index (χ1) is 18.0. The van der Waals surface area contributed by atoms with Crippen molar-refractivity contribution in [1.29, 1.82) is 0 Å². The monoisotopic (exact) mass is 485 g/mol. The number of nitrogens with zero attached hydrogens (tertiary/aromatic N) is 1. The molecule has 0 spiro atoms. The van der Waals surface area contributed by atoms with Gasteiger partial charge in [-0.1, -0.05) is 94.1 Å². The van der Waals surface area contributed by atoms with Gasteiger partial charge in [0.15, 0.2) is 0 Å². The summed E-state index contributed by atoms with van der Waals surface area (Å²) in [4.78, 5) is 0. The Labute approximate surface area is 222 Å². The van der Waals surface area contributed by atoms with Crippen molar-refractivity contribution in [1.82, 2.24) is 4.57 Å². The molecule has 0 saturated carbocycles.